The van der Waals surface area contributed by atoms with E-state index in [9.17, 15) is 19.8 Å². The summed E-state index contributed by atoms with van der Waals surface area (Å²) in [6.45, 7) is 0.341. The van der Waals surface area contributed by atoms with E-state index in [0.29, 0.717) is 11.1 Å². The van der Waals surface area contributed by atoms with Crippen molar-refractivity contribution in [1.82, 2.24) is 5.32 Å². The second-order valence-corrected chi connectivity index (χ2v) is 7.05. The molecule has 0 aliphatic heterocycles. The zero-order valence-electron chi connectivity index (χ0n) is 15.6. The molecule has 1 amide bonds. The van der Waals surface area contributed by atoms with Gasteiger partial charge in [0.05, 0.1) is 6.10 Å². The number of ketones is 1. The molecule has 1 aliphatic rings. The highest BCUT2D eigenvalue weighted by Crippen LogP contribution is 2.32. The molecule has 148 valence electrons. The number of aliphatic hydroxyl groups excluding tert-OH is 2. The van der Waals surface area contributed by atoms with Gasteiger partial charge < -0.3 is 20.3 Å². The van der Waals surface area contributed by atoms with Gasteiger partial charge in [-0.15, -0.1) is 0 Å². The first-order chi connectivity index (χ1) is 13.5. The maximum atomic E-state index is 12.0. The van der Waals surface area contributed by atoms with E-state index in [-0.39, 0.29) is 31.3 Å². The lowest BCUT2D eigenvalue weighted by molar-refractivity contribution is 0.0136. The van der Waals surface area contributed by atoms with Crippen molar-refractivity contribution in [2.24, 2.45) is 5.92 Å². The second kappa shape index (κ2) is 9.48. The quantitative estimate of drug-likeness (QED) is 0.579. The number of nitrogens with one attached hydrogen (secondary N) is 1. The van der Waals surface area contributed by atoms with Crippen LogP contribution in [0.4, 0.5) is 4.79 Å². The zero-order chi connectivity index (χ0) is 19.9. The zero-order valence-corrected chi connectivity index (χ0v) is 15.6. The second-order valence-electron chi connectivity index (χ2n) is 7.05. The highest BCUT2D eigenvalue weighted by Gasteiger charge is 2.30. The lowest BCUT2D eigenvalue weighted by Gasteiger charge is -2.18. The molecule has 6 nitrogen and oxygen atoms in total. The van der Waals surface area contributed by atoms with Gasteiger partial charge in [-0.05, 0) is 30.4 Å². The van der Waals surface area contributed by atoms with Crippen LogP contribution in [0.5, 0.6) is 0 Å². The summed E-state index contributed by atoms with van der Waals surface area (Å²) in [6.07, 6.45) is -0.643. The molecule has 1 aliphatic carbocycles. The molecule has 2 atom stereocenters. The Morgan fingerprint density at radius 1 is 1.04 bits per heavy atom. The predicted octanol–water partition coefficient (Wildman–Crippen LogP) is 2.99. The number of Topliss-reactive ketones (excluding diaryl/α,β-unsaturated/α-hetero) is 1. The van der Waals surface area contributed by atoms with Crippen molar-refractivity contribution in [2.75, 3.05) is 6.54 Å². The van der Waals surface area contributed by atoms with E-state index in [0.717, 1.165) is 18.4 Å². The number of ether oxygens (including phenoxy) is 1. The Labute approximate surface area is 164 Å². The van der Waals surface area contributed by atoms with Crippen molar-refractivity contribution in [3.05, 3.63) is 71.3 Å². The minimum absolute atomic E-state index is 0.139. The van der Waals surface area contributed by atoms with E-state index in [1.165, 1.54) is 0 Å². The topological polar surface area (TPSA) is 95.9 Å². The third-order valence-electron chi connectivity index (χ3n) is 4.77. The average Bonchev–Trinajstić information content (AvgIpc) is 3.57. The van der Waals surface area contributed by atoms with Crippen molar-refractivity contribution in [1.29, 1.82) is 0 Å². The Hall–Kier alpha value is -2.70. The summed E-state index contributed by atoms with van der Waals surface area (Å²) in [7, 11) is 0. The number of rotatable bonds is 9. The van der Waals surface area contributed by atoms with Crippen molar-refractivity contribution in [2.45, 2.75) is 38.1 Å². The fourth-order valence-electron chi connectivity index (χ4n) is 2.90. The van der Waals surface area contributed by atoms with Crippen LogP contribution in [0.25, 0.3) is 0 Å². The van der Waals surface area contributed by atoms with E-state index in [4.69, 9.17) is 4.74 Å². The summed E-state index contributed by atoms with van der Waals surface area (Å²) in [5.41, 5.74) is 2.05. The van der Waals surface area contributed by atoms with Gasteiger partial charge in [-0.3, -0.25) is 4.79 Å². The first kappa shape index (κ1) is 20.0. The van der Waals surface area contributed by atoms with Gasteiger partial charge in [-0.25, -0.2) is 4.79 Å². The Kier molecular flexibility index (Phi) is 6.79. The molecule has 2 unspecified atom stereocenters. The number of carbonyl (C=O) groups is 2. The van der Waals surface area contributed by atoms with Gasteiger partial charge in [0.2, 0.25) is 0 Å². The van der Waals surface area contributed by atoms with Gasteiger partial charge >= 0.3 is 6.09 Å². The average molecular weight is 383 g/mol. The van der Waals surface area contributed by atoms with Crippen LogP contribution in [-0.2, 0) is 11.3 Å². The number of benzene rings is 2. The summed E-state index contributed by atoms with van der Waals surface area (Å²) in [6, 6.07) is 16.0. The summed E-state index contributed by atoms with van der Waals surface area (Å²) < 4.78 is 5.09. The summed E-state index contributed by atoms with van der Waals surface area (Å²) in [5.74, 6) is 0.286. The number of alkyl carbamates (subject to hydrolysis) is 1. The largest absolute Gasteiger partial charge is 0.445 e. The third kappa shape index (κ3) is 5.65. The Morgan fingerprint density at radius 2 is 1.71 bits per heavy atom. The fraction of sp³-hybridized carbons (Fsp3) is 0.364. The number of hydrogen-bond donors (Lipinski definition) is 3. The van der Waals surface area contributed by atoms with Crippen LogP contribution in [0.3, 0.4) is 0 Å². The molecule has 3 N–H and O–H groups in total. The summed E-state index contributed by atoms with van der Waals surface area (Å²) >= 11 is 0. The highest BCUT2D eigenvalue weighted by molar-refractivity contribution is 5.99. The molecular formula is C22H25NO5. The predicted molar refractivity (Wildman–Crippen MR) is 104 cm³/mol. The molecular weight excluding hydrogens is 358 g/mol. The summed E-state index contributed by atoms with van der Waals surface area (Å²) in [4.78, 5) is 23.7. The maximum absolute atomic E-state index is 12.0. The normalized spacial score (nSPS) is 15.5. The van der Waals surface area contributed by atoms with Crippen molar-refractivity contribution in [3.63, 3.8) is 0 Å². The van der Waals surface area contributed by atoms with Gasteiger partial charge in [0.15, 0.2) is 5.78 Å². The lowest BCUT2D eigenvalue weighted by Crippen LogP contribution is -2.29. The highest BCUT2D eigenvalue weighted by atomic mass is 16.5. The molecule has 0 bridgehead atoms. The Bertz CT molecular complexity index is 786. The standard InChI is InChI=1S/C22H25NO5/c24-19(12-13-23-22(27)28-14-15-4-2-1-3-5-15)21(26)18-10-8-17(9-11-18)20(25)16-6-7-16/h1-5,8-11,16,19,21,24,26H,6-7,12-14H2,(H,23,27). The van der Waals surface area contributed by atoms with Gasteiger partial charge in [-0.2, -0.15) is 0 Å². The smallest absolute Gasteiger partial charge is 0.407 e. The molecule has 0 spiro atoms. The number of carbonyl (C=O) groups excluding carboxylic acids is 2. The first-order valence-electron chi connectivity index (χ1n) is 9.49. The number of amides is 1. The monoisotopic (exact) mass is 383 g/mol. The van der Waals surface area contributed by atoms with E-state index < -0.39 is 18.3 Å². The van der Waals surface area contributed by atoms with Crippen LogP contribution < -0.4 is 5.32 Å². The molecule has 3 rings (SSSR count). The minimum atomic E-state index is -1.09. The van der Waals surface area contributed by atoms with Crippen LogP contribution >= 0.6 is 0 Å². The van der Waals surface area contributed by atoms with Crippen molar-refractivity contribution < 1.29 is 24.5 Å². The van der Waals surface area contributed by atoms with Crippen molar-refractivity contribution >= 4 is 11.9 Å². The SMILES string of the molecule is O=C(NCCC(O)C(O)c1ccc(C(=O)C2CC2)cc1)OCc1ccccc1. The van der Waals surface area contributed by atoms with Crippen molar-refractivity contribution in [3.8, 4) is 0 Å². The van der Waals surface area contributed by atoms with E-state index in [1.54, 1.807) is 24.3 Å². The van der Waals surface area contributed by atoms with Crippen LogP contribution in [0, 0.1) is 5.92 Å². The van der Waals surface area contributed by atoms with E-state index >= 15 is 0 Å². The third-order valence-corrected chi connectivity index (χ3v) is 4.77. The van der Waals surface area contributed by atoms with Crippen LogP contribution in [0.1, 0.15) is 46.9 Å². The van der Waals surface area contributed by atoms with Crippen LogP contribution in [-0.4, -0.2) is 34.7 Å². The lowest BCUT2D eigenvalue weighted by atomic mass is 9.99. The Morgan fingerprint density at radius 3 is 2.36 bits per heavy atom. The van der Waals surface area contributed by atoms with Crippen LogP contribution in [0.2, 0.25) is 0 Å². The van der Waals surface area contributed by atoms with Gasteiger partial charge in [0.1, 0.15) is 12.7 Å². The first-order valence-corrected chi connectivity index (χ1v) is 9.49. The molecule has 2 aromatic carbocycles. The molecule has 2 aromatic rings. The maximum Gasteiger partial charge on any atom is 0.407 e. The molecule has 0 radical (unpaired) electrons. The Balaban J connectivity index is 1.39. The molecule has 0 heterocycles. The van der Waals surface area contributed by atoms with E-state index in [1.807, 2.05) is 30.3 Å². The number of hydrogen-bond acceptors (Lipinski definition) is 5. The fourth-order valence-corrected chi connectivity index (χ4v) is 2.90. The molecule has 1 fully saturated rings. The molecule has 0 aromatic heterocycles. The van der Waals surface area contributed by atoms with Gasteiger partial charge in [-0.1, -0.05) is 54.6 Å². The van der Waals surface area contributed by atoms with Crippen LogP contribution in [0.15, 0.2) is 54.6 Å². The molecule has 28 heavy (non-hydrogen) atoms. The molecule has 0 saturated heterocycles. The summed E-state index contributed by atoms with van der Waals surface area (Å²) in [5, 5.41) is 23.0. The minimum Gasteiger partial charge on any atom is -0.445 e. The van der Waals surface area contributed by atoms with E-state index in [2.05, 4.69) is 5.32 Å². The number of aliphatic hydroxyl groups is 2. The van der Waals surface area contributed by atoms with Gasteiger partial charge in [0.25, 0.3) is 0 Å². The molecule has 1 saturated carbocycles. The van der Waals surface area contributed by atoms with Gasteiger partial charge in [0, 0.05) is 18.0 Å². The molecule has 6 heteroatoms.